The van der Waals surface area contributed by atoms with E-state index in [2.05, 4.69) is 16.0 Å². The lowest BCUT2D eigenvalue weighted by molar-refractivity contribution is -0.0334. The van der Waals surface area contributed by atoms with Crippen molar-refractivity contribution < 1.29 is 33.2 Å². The molecule has 0 bridgehead atoms. The summed E-state index contributed by atoms with van der Waals surface area (Å²) in [6.45, 7) is 17.1. The molecule has 384 valence electrons. The predicted molar refractivity (Wildman–Crippen MR) is 271 cm³/mol. The molecule has 0 unspecified atom stereocenters. The molecule has 12 fully saturated rings. The van der Waals surface area contributed by atoms with Crippen LogP contribution in [0.5, 0.6) is 0 Å². The third-order valence-electron chi connectivity index (χ3n) is 12.4. The van der Waals surface area contributed by atoms with Gasteiger partial charge in [0.05, 0.1) is 46.5 Å². The average Bonchev–Trinajstić information content (AvgIpc) is 4.23. The normalized spacial score (nSPS) is 24.0. The van der Waals surface area contributed by atoms with E-state index in [4.69, 9.17) is 33.2 Å². The van der Waals surface area contributed by atoms with Crippen LogP contribution in [0.1, 0.15) is 231 Å². The minimum atomic E-state index is 0.750. The first-order valence-electron chi connectivity index (χ1n) is 28.2. The number of hydrogen-bond acceptors (Lipinski definition) is 10. The van der Waals surface area contributed by atoms with Crippen LogP contribution < -0.4 is 16.0 Å². The van der Waals surface area contributed by atoms with Crippen molar-refractivity contribution in [3.05, 3.63) is 0 Å². The summed E-state index contributed by atoms with van der Waals surface area (Å²) in [4.78, 5) is 0. The van der Waals surface area contributed by atoms with E-state index in [0.717, 1.165) is 106 Å². The van der Waals surface area contributed by atoms with E-state index < -0.39 is 0 Å². The van der Waals surface area contributed by atoms with Crippen molar-refractivity contribution in [2.75, 3.05) is 119 Å². The van der Waals surface area contributed by atoms with Gasteiger partial charge in [-0.15, -0.1) is 0 Å². The molecule has 0 amide bonds. The van der Waals surface area contributed by atoms with Crippen LogP contribution in [0.2, 0.25) is 0 Å². The first-order valence-corrected chi connectivity index (χ1v) is 28.2. The van der Waals surface area contributed by atoms with Crippen LogP contribution in [0.25, 0.3) is 0 Å². The van der Waals surface area contributed by atoms with E-state index in [-0.39, 0.29) is 0 Å². The van der Waals surface area contributed by atoms with Gasteiger partial charge in [0, 0.05) is 52.8 Å². The molecule has 12 rings (SSSR count). The van der Waals surface area contributed by atoms with Crippen molar-refractivity contribution >= 4 is 0 Å². The number of nitrogens with one attached hydrogen (secondary N) is 3. The topological polar surface area (TPSA) is 101 Å². The summed E-state index contributed by atoms with van der Waals surface area (Å²) in [5.41, 5.74) is 0. The summed E-state index contributed by atoms with van der Waals surface area (Å²) >= 11 is 0. The van der Waals surface area contributed by atoms with E-state index in [9.17, 15) is 0 Å². The zero-order valence-corrected chi connectivity index (χ0v) is 42.5. The maximum atomic E-state index is 5.07. The van der Waals surface area contributed by atoms with Gasteiger partial charge in [-0.2, -0.15) is 0 Å². The molecule has 0 aromatic heterocycles. The summed E-state index contributed by atoms with van der Waals surface area (Å²) in [5.74, 6) is 0. The van der Waals surface area contributed by atoms with E-state index in [1.165, 1.54) is 244 Å². The minimum Gasteiger partial charge on any atom is -0.381 e. The fourth-order valence-corrected chi connectivity index (χ4v) is 7.33. The van der Waals surface area contributed by atoms with Crippen LogP contribution in [-0.2, 0) is 33.2 Å². The second-order valence-corrected chi connectivity index (χ2v) is 18.6. The lowest BCUT2D eigenvalue weighted by Gasteiger charge is -2.10. The van der Waals surface area contributed by atoms with Crippen molar-refractivity contribution in [1.82, 2.24) is 16.0 Å². The first kappa shape index (κ1) is 61.6. The highest BCUT2D eigenvalue weighted by Crippen LogP contribution is 2.17. The molecule has 0 spiro atoms. The molecule has 5 saturated carbocycles. The van der Waals surface area contributed by atoms with Crippen LogP contribution in [0.15, 0.2) is 0 Å². The molecular formula is C54H111N3O7. The number of rotatable bonds is 0. The molecule has 3 N–H and O–H groups in total. The summed E-state index contributed by atoms with van der Waals surface area (Å²) in [6, 6.07) is 0. The van der Waals surface area contributed by atoms with Crippen LogP contribution in [0.4, 0.5) is 0 Å². The van der Waals surface area contributed by atoms with Crippen molar-refractivity contribution in [1.29, 1.82) is 0 Å². The molecule has 10 nitrogen and oxygen atoms in total. The molecule has 7 heterocycles. The van der Waals surface area contributed by atoms with Gasteiger partial charge in [0.25, 0.3) is 0 Å². The molecule has 12 aliphatic rings. The lowest BCUT2D eigenvalue weighted by atomic mass is 10.0. The molecule has 7 saturated heterocycles. The molecule has 0 aromatic rings. The van der Waals surface area contributed by atoms with Crippen LogP contribution in [0, 0.1) is 0 Å². The Hall–Kier alpha value is -0.400. The third-order valence-corrected chi connectivity index (χ3v) is 12.4. The van der Waals surface area contributed by atoms with Crippen molar-refractivity contribution in [3.63, 3.8) is 0 Å². The highest BCUT2D eigenvalue weighted by molar-refractivity contribution is 4.56. The van der Waals surface area contributed by atoms with Crippen LogP contribution in [0.3, 0.4) is 0 Å². The van der Waals surface area contributed by atoms with Gasteiger partial charge < -0.3 is 38.5 Å². The Labute approximate surface area is 398 Å². The van der Waals surface area contributed by atoms with Gasteiger partial charge in [-0.3, -0.25) is 10.6 Å². The molecule has 0 aromatic carbocycles. The smallest absolute Gasteiger partial charge is 0.0966 e. The first-order chi connectivity index (χ1) is 32.0. The SMILES string of the molecule is C1CCC1.C1CCC1.C1CCCC1.C1CCCCC1.C1CCCCC1.C1CCNC1.C1CCOC1.C1CCOCC1.C1CCOCC1.C1CNCOC1.C1COCCO1.C1COCN1. The van der Waals surface area contributed by atoms with E-state index in [1.807, 2.05) is 0 Å². The van der Waals surface area contributed by atoms with Crippen molar-refractivity contribution in [3.8, 4) is 0 Å². The Morgan fingerprint density at radius 3 is 0.469 bits per heavy atom. The standard InChI is InChI=1S/2C6H12.2C5H10O.C5H10.C4H9NO.C4H9N.C4H8O2.C4H8O.2C4H8.C3H7NO/c4*1-2-4-6-5-3-1;1-2-4-5-3-1;1-2-5-4-6-3-1;1-2-4-5-3-1;1-2-6-4-3-5-1;1-2-4-5-3-1;2*1-2-4-3-1;1-2-5-3-4-1/h2*1-6H2;2*1-5H2;1-5H2;5H,1-4H2;5H,1-4H2;1-4H2;1-4H2;2*1-4H2;4H,1-3H2. The van der Waals surface area contributed by atoms with E-state index in [1.54, 1.807) is 0 Å². The Bertz CT molecular complexity index is 520. The van der Waals surface area contributed by atoms with E-state index >= 15 is 0 Å². The molecule has 10 heteroatoms. The molecule has 0 radical (unpaired) electrons. The highest BCUT2D eigenvalue weighted by Gasteiger charge is 2.00. The average molecular weight is 914 g/mol. The third kappa shape index (κ3) is 55.9. The molecule has 0 atom stereocenters. The van der Waals surface area contributed by atoms with Gasteiger partial charge in [-0.05, 0) is 90.3 Å². The zero-order chi connectivity index (χ0) is 45.3. The summed E-state index contributed by atoms with van der Waals surface area (Å²) < 4.78 is 34.8. The molecular weight excluding hydrogens is 803 g/mol. The van der Waals surface area contributed by atoms with Crippen LogP contribution in [-0.4, -0.2) is 119 Å². The van der Waals surface area contributed by atoms with E-state index in [0.29, 0.717) is 0 Å². The summed E-state index contributed by atoms with van der Waals surface area (Å²) in [6.07, 6.45) is 51.9. The Morgan fingerprint density at radius 1 is 0.141 bits per heavy atom. The molecule has 64 heavy (non-hydrogen) atoms. The Morgan fingerprint density at radius 2 is 0.359 bits per heavy atom. The second-order valence-electron chi connectivity index (χ2n) is 18.6. The van der Waals surface area contributed by atoms with Gasteiger partial charge in [0.1, 0.15) is 0 Å². The number of ether oxygens (including phenoxy) is 7. The number of hydrogen-bond donors (Lipinski definition) is 3. The van der Waals surface area contributed by atoms with Crippen LogP contribution >= 0.6 is 0 Å². The zero-order valence-electron chi connectivity index (χ0n) is 42.5. The Kier molecular flexibility index (Phi) is 56.5. The Balaban J connectivity index is 0.000000350. The molecule has 5 aliphatic carbocycles. The van der Waals surface area contributed by atoms with Gasteiger partial charge in [0.15, 0.2) is 0 Å². The summed E-state index contributed by atoms with van der Waals surface area (Å²) in [7, 11) is 0. The quantitative estimate of drug-likeness (QED) is 0.218. The lowest BCUT2D eigenvalue weighted by Crippen LogP contribution is -2.26. The minimum absolute atomic E-state index is 0.750. The maximum Gasteiger partial charge on any atom is 0.0966 e. The predicted octanol–water partition coefficient (Wildman–Crippen LogP) is 12.8. The maximum absolute atomic E-state index is 5.07. The van der Waals surface area contributed by atoms with Crippen molar-refractivity contribution in [2.45, 2.75) is 231 Å². The molecule has 7 aliphatic heterocycles. The largest absolute Gasteiger partial charge is 0.381 e. The fraction of sp³-hybridized carbons (Fsp3) is 1.00. The van der Waals surface area contributed by atoms with Gasteiger partial charge in [-0.1, -0.05) is 161 Å². The highest BCUT2D eigenvalue weighted by atomic mass is 16.6. The fourth-order valence-electron chi connectivity index (χ4n) is 7.33. The second kappa shape index (κ2) is 58.7. The summed E-state index contributed by atoms with van der Waals surface area (Å²) in [5, 5.41) is 9.28. The van der Waals surface area contributed by atoms with Crippen molar-refractivity contribution in [2.24, 2.45) is 0 Å². The van der Waals surface area contributed by atoms with Gasteiger partial charge in [0.2, 0.25) is 0 Å². The monoisotopic (exact) mass is 914 g/mol. The van der Waals surface area contributed by atoms with Gasteiger partial charge >= 0.3 is 0 Å². The van der Waals surface area contributed by atoms with Gasteiger partial charge in [-0.25, -0.2) is 0 Å².